The first-order valence-corrected chi connectivity index (χ1v) is 8.45. The van der Waals surface area contributed by atoms with Gasteiger partial charge in [-0.25, -0.2) is 4.98 Å². The fourth-order valence-corrected chi connectivity index (χ4v) is 2.73. The molecule has 6 nitrogen and oxygen atoms in total. The van der Waals surface area contributed by atoms with Gasteiger partial charge in [-0.2, -0.15) is 4.98 Å². The van der Waals surface area contributed by atoms with Crippen LogP contribution in [0, 0.1) is 0 Å². The minimum absolute atomic E-state index is 0.450. The standard InChI is InChI=1S/C21H17N5O/c22-19(27)14-10-12-16(13-11-14)24-21-25-18-9-5-4-8-17(18)20(26-21)23-15-6-2-1-3-7-15/h1-13H,(H2,22,27)(H2,23,24,25,26). The first-order valence-electron chi connectivity index (χ1n) is 8.45. The molecule has 0 saturated carbocycles. The first-order chi connectivity index (χ1) is 13.2. The third-order valence-corrected chi connectivity index (χ3v) is 4.07. The quantitative estimate of drug-likeness (QED) is 0.498. The maximum absolute atomic E-state index is 11.2. The number of fused-ring (bicyclic) bond motifs is 1. The van der Waals surface area contributed by atoms with Crippen LogP contribution in [0.1, 0.15) is 10.4 Å². The smallest absolute Gasteiger partial charge is 0.248 e. The van der Waals surface area contributed by atoms with E-state index in [9.17, 15) is 4.79 Å². The number of primary amides is 1. The van der Waals surface area contributed by atoms with Crippen molar-refractivity contribution in [1.29, 1.82) is 0 Å². The van der Waals surface area contributed by atoms with Crippen LogP contribution < -0.4 is 16.4 Å². The topological polar surface area (TPSA) is 92.9 Å². The van der Waals surface area contributed by atoms with E-state index in [4.69, 9.17) is 5.73 Å². The largest absolute Gasteiger partial charge is 0.366 e. The highest BCUT2D eigenvalue weighted by molar-refractivity contribution is 5.93. The van der Waals surface area contributed by atoms with Crippen LogP contribution in [-0.4, -0.2) is 15.9 Å². The summed E-state index contributed by atoms with van der Waals surface area (Å²) in [5, 5.41) is 7.45. The molecule has 0 aliphatic rings. The van der Waals surface area contributed by atoms with E-state index in [0.717, 1.165) is 22.3 Å². The molecule has 1 aromatic heterocycles. The zero-order valence-electron chi connectivity index (χ0n) is 14.4. The molecule has 27 heavy (non-hydrogen) atoms. The number of carbonyl (C=O) groups excluding carboxylic acids is 1. The summed E-state index contributed by atoms with van der Waals surface area (Å²) in [7, 11) is 0. The van der Waals surface area contributed by atoms with E-state index in [1.807, 2.05) is 54.6 Å². The van der Waals surface area contributed by atoms with Crippen LogP contribution in [0.2, 0.25) is 0 Å². The molecule has 4 rings (SSSR count). The van der Waals surface area contributed by atoms with Gasteiger partial charge >= 0.3 is 0 Å². The van der Waals surface area contributed by atoms with Gasteiger partial charge in [0.25, 0.3) is 0 Å². The Morgan fingerprint density at radius 2 is 1.41 bits per heavy atom. The number of nitrogens with zero attached hydrogens (tertiary/aromatic N) is 2. The van der Waals surface area contributed by atoms with Gasteiger partial charge in [-0.05, 0) is 48.5 Å². The highest BCUT2D eigenvalue weighted by Gasteiger charge is 2.09. The zero-order valence-corrected chi connectivity index (χ0v) is 14.4. The van der Waals surface area contributed by atoms with E-state index in [1.165, 1.54) is 0 Å². The van der Waals surface area contributed by atoms with E-state index in [2.05, 4.69) is 20.6 Å². The number of rotatable bonds is 5. The average Bonchev–Trinajstić information content (AvgIpc) is 2.69. The SMILES string of the molecule is NC(=O)c1ccc(Nc2nc(Nc3ccccc3)c3ccccc3n2)cc1. The molecule has 132 valence electrons. The number of hydrogen-bond acceptors (Lipinski definition) is 5. The minimum Gasteiger partial charge on any atom is -0.366 e. The molecule has 1 amide bonds. The van der Waals surface area contributed by atoms with E-state index >= 15 is 0 Å². The number of hydrogen-bond donors (Lipinski definition) is 3. The molecule has 0 spiro atoms. The first kappa shape index (κ1) is 16.5. The summed E-state index contributed by atoms with van der Waals surface area (Å²) >= 11 is 0. The van der Waals surface area contributed by atoms with Crippen LogP contribution in [0.25, 0.3) is 10.9 Å². The highest BCUT2D eigenvalue weighted by atomic mass is 16.1. The van der Waals surface area contributed by atoms with Crippen LogP contribution in [0.3, 0.4) is 0 Å². The van der Waals surface area contributed by atoms with Gasteiger partial charge in [0.15, 0.2) is 0 Å². The van der Waals surface area contributed by atoms with Crippen molar-refractivity contribution in [3.63, 3.8) is 0 Å². The fraction of sp³-hybridized carbons (Fsp3) is 0. The number of amides is 1. The van der Waals surface area contributed by atoms with Gasteiger partial charge < -0.3 is 16.4 Å². The monoisotopic (exact) mass is 355 g/mol. The van der Waals surface area contributed by atoms with E-state index < -0.39 is 5.91 Å². The number of benzene rings is 3. The molecule has 6 heteroatoms. The second-order valence-corrected chi connectivity index (χ2v) is 5.97. The summed E-state index contributed by atoms with van der Waals surface area (Å²) in [6.07, 6.45) is 0. The van der Waals surface area contributed by atoms with Gasteiger partial charge in [0, 0.05) is 22.3 Å². The molecule has 0 bridgehead atoms. The molecule has 4 N–H and O–H groups in total. The fourth-order valence-electron chi connectivity index (χ4n) is 2.73. The number of nitrogens with two attached hydrogens (primary N) is 1. The molecule has 0 unspecified atom stereocenters. The van der Waals surface area contributed by atoms with Crippen LogP contribution in [0.15, 0.2) is 78.9 Å². The molecule has 1 heterocycles. The van der Waals surface area contributed by atoms with Crippen molar-refractivity contribution in [2.24, 2.45) is 5.73 Å². The van der Waals surface area contributed by atoms with Gasteiger partial charge in [0.2, 0.25) is 11.9 Å². The molecule has 0 fully saturated rings. The lowest BCUT2D eigenvalue weighted by molar-refractivity contribution is 0.100. The van der Waals surface area contributed by atoms with Crippen molar-refractivity contribution < 1.29 is 4.79 Å². The summed E-state index contributed by atoms with van der Waals surface area (Å²) in [5.74, 6) is 0.708. The second kappa shape index (κ2) is 7.13. The van der Waals surface area contributed by atoms with Crippen molar-refractivity contribution in [1.82, 2.24) is 9.97 Å². The normalized spacial score (nSPS) is 10.5. The van der Waals surface area contributed by atoms with Crippen molar-refractivity contribution in [3.8, 4) is 0 Å². The third-order valence-electron chi connectivity index (χ3n) is 4.07. The third kappa shape index (κ3) is 3.69. The Morgan fingerprint density at radius 1 is 0.741 bits per heavy atom. The summed E-state index contributed by atoms with van der Waals surface area (Å²) in [6.45, 7) is 0. The Hall–Kier alpha value is -3.93. The number of para-hydroxylation sites is 2. The van der Waals surface area contributed by atoms with Crippen LogP contribution >= 0.6 is 0 Å². The van der Waals surface area contributed by atoms with Crippen molar-refractivity contribution in [2.75, 3.05) is 10.6 Å². The van der Waals surface area contributed by atoms with Crippen molar-refractivity contribution in [2.45, 2.75) is 0 Å². The lowest BCUT2D eigenvalue weighted by atomic mass is 10.2. The molecule has 0 aliphatic carbocycles. The molecule has 0 atom stereocenters. The number of nitrogens with one attached hydrogen (secondary N) is 2. The number of aromatic nitrogens is 2. The Kier molecular flexibility index (Phi) is 4.37. The van der Waals surface area contributed by atoms with E-state index in [1.54, 1.807) is 24.3 Å². The molecular weight excluding hydrogens is 338 g/mol. The summed E-state index contributed by atoms with van der Waals surface area (Å²) in [5.41, 5.74) is 8.26. The molecule has 4 aromatic rings. The average molecular weight is 355 g/mol. The maximum atomic E-state index is 11.2. The van der Waals surface area contributed by atoms with Crippen LogP contribution in [-0.2, 0) is 0 Å². The predicted octanol–water partition coefficient (Wildman–Crippen LogP) is 4.22. The summed E-state index contributed by atoms with van der Waals surface area (Å²) in [4.78, 5) is 20.4. The summed E-state index contributed by atoms with van der Waals surface area (Å²) < 4.78 is 0. The zero-order chi connectivity index (χ0) is 18.6. The van der Waals surface area contributed by atoms with Crippen molar-refractivity contribution in [3.05, 3.63) is 84.4 Å². The van der Waals surface area contributed by atoms with Gasteiger partial charge in [-0.15, -0.1) is 0 Å². The molecule has 3 aromatic carbocycles. The number of anilines is 4. The van der Waals surface area contributed by atoms with Crippen LogP contribution in [0.4, 0.5) is 23.1 Å². The Morgan fingerprint density at radius 3 is 2.15 bits per heavy atom. The predicted molar refractivity (Wildman–Crippen MR) is 108 cm³/mol. The van der Waals surface area contributed by atoms with Gasteiger partial charge in [0.1, 0.15) is 5.82 Å². The van der Waals surface area contributed by atoms with E-state index in [-0.39, 0.29) is 0 Å². The highest BCUT2D eigenvalue weighted by Crippen LogP contribution is 2.26. The molecular formula is C21H17N5O. The lowest BCUT2D eigenvalue weighted by Crippen LogP contribution is -2.10. The maximum Gasteiger partial charge on any atom is 0.248 e. The Labute approximate surface area is 156 Å². The Bertz CT molecular complexity index is 1090. The Balaban J connectivity index is 1.69. The van der Waals surface area contributed by atoms with Gasteiger partial charge in [-0.3, -0.25) is 4.79 Å². The molecule has 0 radical (unpaired) electrons. The second-order valence-electron chi connectivity index (χ2n) is 5.97. The molecule has 0 aliphatic heterocycles. The number of carbonyl (C=O) groups is 1. The minimum atomic E-state index is -0.460. The van der Waals surface area contributed by atoms with Crippen LogP contribution in [0.5, 0.6) is 0 Å². The van der Waals surface area contributed by atoms with Gasteiger partial charge in [-0.1, -0.05) is 30.3 Å². The lowest BCUT2D eigenvalue weighted by Gasteiger charge is -2.12. The summed E-state index contributed by atoms with van der Waals surface area (Å²) in [6, 6.07) is 24.5. The molecule has 0 saturated heterocycles. The van der Waals surface area contributed by atoms with Crippen molar-refractivity contribution >= 4 is 40.0 Å². The van der Waals surface area contributed by atoms with E-state index in [0.29, 0.717) is 17.3 Å². The van der Waals surface area contributed by atoms with Gasteiger partial charge in [0.05, 0.1) is 5.52 Å².